The Morgan fingerprint density at radius 3 is 1.75 bits per heavy atom. The SMILES string of the molecule is Cc1cc(O)c(C(C)(C)C)cc1C(C)(C)CC(C)(C)C. The van der Waals surface area contributed by atoms with Crippen molar-refractivity contribution in [1.82, 2.24) is 0 Å². The molecular weight excluding hydrogens is 244 g/mol. The van der Waals surface area contributed by atoms with Crippen LogP contribution in [-0.2, 0) is 10.8 Å². The lowest BCUT2D eigenvalue weighted by Gasteiger charge is -2.35. The van der Waals surface area contributed by atoms with E-state index in [1.54, 1.807) is 0 Å². The fraction of sp³-hybridized carbons (Fsp3) is 0.684. The van der Waals surface area contributed by atoms with Gasteiger partial charge in [0.1, 0.15) is 5.75 Å². The van der Waals surface area contributed by atoms with E-state index in [2.05, 4.69) is 68.4 Å². The molecule has 0 aliphatic rings. The molecule has 0 aliphatic heterocycles. The highest BCUT2D eigenvalue weighted by Gasteiger charge is 2.30. The Labute approximate surface area is 125 Å². The van der Waals surface area contributed by atoms with Gasteiger partial charge in [0, 0.05) is 0 Å². The van der Waals surface area contributed by atoms with Crippen molar-refractivity contribution in [1.29, 1.82) is 0 Å². The molecule has 0 amide bonds. The molecule has 1 nitrogen and oxygen atoms in total. The monoisotopic (exact) mass is 276 g/mol. The molecule has 0 unspecified atom stereocenters. The maximum atomic E-state index is 10.2. The first kappa shape index (κ1) is 17.1. The van der Waals surface area contributed by atoms with Gasteiger partial charge in [-0.05, 0) is 52.3 Å². The highest BCUT2D eigenvalue weighted by Crippen LogP contribution is 2.41. The molecule has 0 spiro atoms. The summed E-state index contributed by atoms with van der Waals surface area (Å²) < 4.78 is 0. The summed E-state index contributed by atoms with van der Waals surface area (Å²) in [6, 6.07) is 4.15. The van der Waals surface area contributed by atoms with Crippen LogP contribution >= 0.6 is 0 Å². The van der Waals surface area contributed by atoms with Crippen LogP contribution in [0.1, 0.15) is 78.5 Å². The van der Waals surface area contributed by atoms with E-state index in [9.17, 15) is 5.11 Å². The summed E-state index contributed by atoms with van der Waals surface area (Å²) in [6.45, 7) is 20.0. The van der Waals surface area contributed by atoms with Crippen LogP contribution in [0.15, 0.2) is 12.1 Å². The molecule has 0 radical (unpaired) electrons. The molecule has 0 bridgehead atoms. The second-order valence-electron chi connectivity index (χ2n) is 9.06. The van der Waals surface area contributed by atoms with Crippen molar-refractivity contribution in [2.75, 3.05) is 0 Å². The van der Waals surface area contributed by atoms with E-state index in [1.165, 1.54) is 11.1 Å². The summed E-state index contributed by atoms with van der Waals surface area (Å²) >= 11 is 0. The lowest BCUT2D eigenvalue weighted by molar-refractivity contribution is 0.283. The molecule has 1 aromatic carbocycles. The molecule has 20 heavy (non-hydrogen) atoms. The van der Waals surface area contributed by atoms with Gasteiger partial charge in [0.05, 0.1) is 0 Å². The highest BCUT2D eigenvalue weighted by atomic mass is 16.3. The molecule has 1 rings (SSSR count). The molecule has 0 aromatic heterocycles. The van der Waals surface area contributed by atoms with Gasteiger partial charge in [-0.1, -0.05) is 61.5 Å². The number of phenols is 1. The highest BCUT2D eigenvalue weighted by molar-refractivity contribution is 5.47. The number of rotatable bonds is 2. The predicted octanol–water partition coefficient (Wildman–Crippen LogP) is 5.71. The van der Waals surface area contributed by atoms with Gasteiger partial charge in [-0.25, -0.2) is 0 Å². The first-order chi connectivity index (χ1) is 8.74. The maximum absolute atomic E-state index is 10.2. The molecule has 0 heterocycles. The van der Waals surface area contributed by atoms with Crippen LogP contribution in [0.5, 0.6) is 5.75 Å². The second-order valence-corrected chi connectivity index (χ2v) is 9.06. The third kappa shape index (κ3) is 4.01. The van der Waals surface area contributed by atoms with E-state index in [0.29, 0.717) is 5.75 Å². The van der Waals surface area contributed by atoms with E-state index in [0.717, 1.165) is 12.0 Å². The molecule has 114 valence electrons. The summed E-state index contributed by atoms with van der Waals surface area (Å²) in [5, 5.41) is 10.2. The standard InChI is InChI=1S/C19H32O/c1-13-10-16(20)15(18(5,6)7)11-14(13)19(8,9)12-17(2,3)4/h10-11,20H,12H2,1-9H3. The normalized spacial score (nSPS) is 13.7. The van der Waals surface area contributed by atoms with Gasteiger partial charge >= 0.3 is 0 Å². The van der Waals surface area contributed by atoms with Gasteiger partial charge in [-0.15, -0.1) is 0 Å². The van der Waals surface area contributed by atoms with Crippen molar-refractivity contribution in [3.05, 3.63) is 28.8 Å². The third-order valence-electron chi connectivity index (χ3n) is 3.85. The minimum atomic E-state index is -0.0374. The fourth-order valence-electron chi connectivity index (χ4n) is 3.44. The van der Waals surface area contributed by atoms with Gasteiger partial charge in [-0.2, -0.15) is 0 Å². The number of aryl methyl sites for hydroxylation is 1. The molecule has 1 N–H and O–H groups in total. The number of aromatic hydroxyl groups is 1. The zero-order valence-corrected chi connectivity index (χ0v) is 14.8. The first-order valence-electron chi connectivity index (χ1n) is 7.59. The summed E-state index contributed by atoms with van der Waals surface area (Å²) in [4.78, 5) is 0. The van der Waals surface area contributed by atoms with Crippen LogP contribution in [0.25, 0.3) is 0 Å². The summed E-state index contributed by atoms with van der Waals surface area (Å²) in [6.07, 6.45) is 1.12. The molecule has 0 saturated heterocycles. The van der Waals surface area contributed by atoms with E-state index in [1.807, 2.05) is 6.07 Å². The first-order valence-corrected chi connectivity index (χ1v) is 7.59. The Morgan fingerprint density at radius 2 is 1.35 bits per heavy atom. The topological polar surface area (TPSA) is 20.2 Å². The smallest absolute Gasteiger partial charge is 0.119 e. The average molecular weight is 276 g/mol. The Bertz CT molecular complexity index is 482. The maximum Gasteiger partial charge on any atom is 0.119 e. The second kappa shape index (κ2) is 5.09. The van der Waals surface area contributed by atoms with Crippen LogP contribution in [0.2, 0.25) is 0 Å². The Morgan fingerprint density at radius 1 is 0.850 bits per heavy atom. The van der Waals surface area contributed by atoms with Gasteiger partial charge in [0.15, 0.2) is 0 Å². The van der Waals surface area contributed by atoms with E-state index in [-0.39, 0.29) is 16.2 Å². The minimum absolute atomic E-state index is 0.0374. The molecule has 1 heteroatoms. The molecule has 0 saturated carbocycles. The summed E-state index contributed by atoms with van der Waals surface area (Å²) in [5.41, 5.74) is 3.94. The van der Waals surface area contributed by atoms with Crippen molar-refractivity contribution >= 4 is 0 Å². The lowest BCUT2D eigenvalue weighted by atomic mass is 9.70. The van der Waals surface area contributed by atoms with Crippen molar-refractivity contribution in [3.63, 3.8) is 0 Å². The number of benzene rings is 1. The third-order valence-corrected chi connectivity index (χ3v) is 3.85. The molecule has 0 atom stereocenters. The summed E-state index contributed by atoms with van der Waals surface area (Å²) in [5.74, 6) is 0.422. The summed E-state index contributed by atoms with van der Waals surface area (Å²) in [7, 11) is 0. The quantitative estimate of drug-likeness (QED) is 0.733. The van der Waals surface area contributed by atoms with Crippen molar-refractivity contribution in [2.45, 2.75) is 79.6 Å². The van der Waals surface area contributed by atoms with E-state index >= 15 is 0 Å². The minimum Gasteiger partial charge on any atom is -0.508 e. The molecule has 1 aromatic rings. The fourth-order valence-corrected chi connectivity index (χ4v) is 3.44. The van der Waals surface area contributed by atoms with Crippen LogP contribution in [-0.4, -0.2) is 5.11 Å². The van der Waals surface area contributed by atoms with Crippen molar-refractivity contribution in [3.8, 4) is 5.75 Å². The molecular formula is C19H32O. The van der Waals surface area contributed by atoms with Crippen molar-refractivity contribution < 1.29 is 5.11 Å². The van der Waals surface area contributed by atoms with Crippen LogP contribution in [0.4, 0.5) is 0 Å². The Hall–Kier alpha value is -0.980. The van der Waals surface area contributed by atoms with Gasteiger partial charge in [0.25, 0.3) is 0 Å². The lowest BCUT2D eigenvalue weighted by Crippen LogP contribution is -2.26. The van der Waals surface area contributed by atoms with Crippen LogP contribution in [0, 0.1) is 12.3 Å². The van der Waals surface area contributed by atoms with Gasteiger partial charge in [0.2, 0.25) is 0 Å². The van der Waals surface area contributed by atoms with Crippen LogP contribution in [0.3, 0.4) is 0 Å². The Kier molecular flexibility index (Phi) is 4.35. The van der Waals surface area contributed by atoms with Gasteiger partial charge < -0.3 is 5.11 Å². The predicted molar refractivity (Wildman–Crippen MR) is 88.6 cm³/mol. The Balaban J connectivity index is 3.38. The van der Waals surface area contributed by atoms with E-state index in [4.69, 9.17) is 0 Å². The number of phenolic OH excluding ortho intramolecular Hbond substituents is 1. The molecule has 0 aliphatic carbocycles. The molecule has 0 fully saturated rings. The number of hydrogen-bond donors (Lipinski definition) is 1. The zero-order chi connectivity index (χ0) is 15.9. The van der Waals surface area contributed by atoms with E-state index < -0.39 is 0 Å². The van der Waals surface area contributed by atoms with Crippen LogP contribution < -0.4 is 0 Å². The number of hydrogen-bond acceptors (Lipinski definition) is 1. The van der Waals surface area contributed by atoms with Crippen molar-refractivity contribution in [2.24, 2.45) is 5.41 Å². The average Bonchev–Trinajstić information content (AvgIpc) is 2.09. The zero-order valence-electron chi connectivity index (χ0n) is 14.8. The van der Waals surface area contributed by atoms with Gasteiger partial charge in [-0.3, -0.25) is 0 Å². The largest absolute Gasteiger partial charge is 0.508 e.